The average molecular weight is 562 g/mol. The third-order valence-corrected chi connectivity index (χ3v) is 8.81. The lowest BCUT2D eigenvalue weighted by atomic mass is 9.95. The third-order valence-electron chi connectivity index (χ3n) is 7.59. The second-order valence-corrected chi connectivity index (χ2v) is 11.4. The highest BCUT2D eigenvalue weighted by atomic mass is 32.1. The topological polar surface area (TPSA) is 39.1 Å². The van der Waals surface area contributed by atoms with Crippen LogP contribution in [0, 0.1) is 11.3 Å². The fraction of sp³-hybridized carbons (Fsp3) is 0.0789. The van der Waals surface area contributed by atoms with Gasteiger partial charge in [0.15, 0.2) is 0 Å². The normalized spacial score (nSPS) is 11.2. The summed E-state index contributed by atoms with van der Waals surface area (Å²) in [5.74, 6) is 0. The van der Waals surface area contributed by atoms with E-state index in [1.807, 2.05) is 55.6 Å². The molecule has 6 aromatic rings. The van der Waals surface area contributed by atoms with E-state index in [1.54, 1.807) is 0 Å². The second kappa shape index (κ2) is 11.8. The van der Waals surface area contributed by atoms with E-state index in [0.717, 1.165) is 40.3 Å². The van der Waals surface area contributed by atoms with Gasteiger partial charge in [-0.2, -0.15) is 5.26 Å². The molecule has 3 nitrogen and oxygen atoms in total. The molecule has 0 amide bonds. The van der Waals surface area contributed by atoms with Crippen molar-refractivity contribution in [1.82, 2.24) is 0 Å². The first-order valence-electron chi connectivity index (χ1n) is 14.0. The second-order valence-electron chi connectivity index (χ2n) is 10.3. The molecule has 0 aliphatic heterocycles. The van der Waals surface area contributed by atoms with Crippen LogP contribution in [0.15, 0.2) is 128 Å². The Kier molecular flexibility index (Phi) is 7.60. The van der Waals surface area contributed by atoms with Gasteiger partial charge in [-0.1, -0.05) is 73.3 Å². The Morgan fingerprint density at radius 3 is 2.48 bits per heavy atom. The highest BCUT2D eigenvalue weighted by Crippen LogP contribution is 2.41. The van der Waals surface area contributed by atoms with Gasteiger partial charge in [-0.25, -0.2) is 0 Å². The minimum Gasteiger partial charge on any atom is -0.355 e. The molecule has 1 aromatic heterocycles. The number of nitriles is 1. The number of benzene rings is 5. The summed E-state index contributed by atoms with van der Waals surface area (Å²) in [5, 5.41) is 15.6. The third kappa shape index (κ3) is 5.31. The molecular weight excluding hydrogens is 531 g/mol. The summed E-state index contributed by atoms with van der Waals surface area (Å²) >= 11 is 1.85. The summed E-state index contributed by atoms with van der Waals surface area (Å²) < 4.78 is 2.61. The largest absolute Gasteiger partial charge is 0.355 e. The van der Waals surface area contributed by atoms with Crippen molar-refractivity contribution in [3.63, 3.8) is 0 Å². The average Bonchev–Trinajstić information content (AvgIpc) is 3.42. The lowest BCUT2D eigenvalue weighted by Crippen LogP contribution is -2.09. The summed E-state index contributed by atoms with van der Waals surface area (Å²) in [6.07, 6.45) is 5.00. The van der Waals surface area contributed by atoms with Crippen molar-refractivity contribution in [2.45, 2.75) is 13.3 Å². The van der Waals surface area contributed by atoms with E-state index in [9.17, 15) is 5.26 Å². The molecular formula is C38H31N3S. The molecule has 0 atom stereocenters. The predicted molar refractivity (Wildman–Crippen MR) is 182 cm³/mol. The zero-order valence-electron chi connectivity index (χ0n) is 23.8. The minimum atomic E-state index is 0.643. The van der Waals surface area contributed by atoms with E-state index in [1.165, 1.54) is 31.3 Å². The summed E-state index contributed by atoms with van der Waals surface area (Å²) in [6, 6.07) is 40.1. The summed E-state index contributed by atoms with van der Waals surface area (Å²) in [6.45, 7) is 6.52. The number of rotatable bonds is 8. The quantitative estimate of drug-likeness (QED) is 0.188. The smallest absolute Gasteiger partial charge is 0.0992 e. The molecule has 0 aliphatic carbocycles. The molecule has 0 unspecified atom stereocenters. The maximum absolute atomic E-state index is 9.34. The van der Waals surface area contributed by atoms with Crippen molar-refractivity contribution >= 4 is 59.8 Å². The summed E-state index contributed by atoms with van der Waals surface area (Å²) in [5.41, 5.74) is 9.21. The molecule has 6 rings (SSSR count). The van der Waals surface area contributed by atoms with Crippen molar-refractivity contribution in [3.05, 3.63) is 139 Å². The number of hydrogen-bond acceptors (Lipinski definition) is 4. The number of anilines is 4. The highest BCUT2D eigenvalue weighted by molar-refractivity contribution is 7.26. The summed E-state index contributed by atoms with van der Waals surface area (Å²) in [4.78, 5) is 2.09. The predicted octanol–water partition coefficient (Wildman–Crippen LogP) is 11.1. The molecule has 0 fully saturated rings. The Hall–Kier alpha value is -5.11. The van der Waals surface area contributed by atoms with Gasteiger partial charge in [-0.3, -0.25) is 0 Å². The van der Waals surface area contributed by atoms with E-state index in [-0.39, 0.29) is 0 Å². The Balaban J connectivity index is 1.38. The Morgan fingerprint density at radius 2 is 1.64 bits per heavy atom. The standard InChI is InChI=1S/C38H31N3S/c1-4-5-11-26(2)35-23-28(32-17-10-18-34-33-16-6-7-19-37(33)42-38(32)34)20-21-36(35)40-29-13-9-15-31(24-29)41(3)30-14-8-12-27(22-30)25-39/h4-10,12-24,40H,2,11H2,1,3H3/b5-4-. The van der Waals surface area contributed by atoms with E-state index >= 15 is 0 Å². The number of hydrogen-bond donors (Lipinski definition) is 1. The molecule has 204 valence electrons. The van der Waals surface area contributed by atoms with E-state index < -0.39 is 0 Å². The fourth-order valence-corrected chi connectivity index (χ4v) is 6.58. The van der Waals surface area contributed by atoms with Crippen molar-refractivity contribution in [1.29, 1.82) is 5.26 Å². The van der Waals surface area contributed by atoms with Crippen LogP contribution in [0.25, 0.3) is 36.9 Å². The maximum atomic E-state index is 9.34. The lowest BCUT2D eigenvalue weighted by molar-refractivity contribution is 1.21. The Bertz CT molecular complexity index is 2010. The van der Waals surface area contributed by atoms with Crippen molar-refractivity contribution in [2.24, 2.45) is 0 Å². The monoisotopic (exact) mass is 561 g/mol. The first-order chi connectivity index (χ1) is 20.6. The van der Waals surface area contributed by atoms with E-state index in [0.29, 0.717) is 5.56 Å². The van der Waals surface area contributed by atoms with Gasteiger partial charge in [0, 0.05) is 55.5 Å². The number of allylic oxidation sites excluding steroid dienone is 3. The fourth-order valence-electron chi connectivity index (χ4n) is 5.34. The van der Waals surface area contributed by atoms with Crippen molar-refractivity contribution < 1.29 is 0 Å². The molecule has 0 spiro atoms. The van der Waals surface area contributed by atoms with Crippen LogP contribution < -0.4 is 10.2 Å². The number of nitrogens with zero attached hydrogens (tertiary/aromatic N) is 2. The molecule has 1 heterocycles. The van der Waals surface area contributed by atoms with Gasteiger partial charge in [-0.05, 0) is 84.6 Å². The minimum absolute atomic E-state index is 0.643. The number of fused-ring (bicyclic) bond motifs is 3. The highest BCUT2D eigenvalue weighted by Gasteiger charge is 2.14. The number of nitrogens with one attached hydrogen (secondary N) is 1. The zero-order chi connectivity index (χ0) is 29.1. The molecule has 0 saturated carbocycles. The van der Waals surface area contributed by atoms with Crippen LogP contribution in [-0.4, -0.2) is 7.05 Å². The van der Waals surface area contributed by atoms with Gasteiger partial charge in [0.1, 0.15) is 0 Å². The van der Waals surface area contributed by atoms with Crippen LogP contribution in [0.1, 0.15) is 24.5 Å². The molecule has 0 aliphatic rings. The molecule has 42 heavy (non-hydrogen) atoms. The van der Waals surface area contributed by atoms with Crippen molar-refractivity contribution in [3.8, 4) is 17.2 Å². The first kappa shape index (κ1) is 27.1. The van der Waals surface area contributed by atoms with E-state index in [2.05, 4.69) is 114 Å². The van der Waals surface area contributed by atoms with Gasteiger partial charge in [0.2, 0.25) is 0 Å². The Labute approximate surface area is 251 Å². The Morgan fingerprint density at radius 1 is 0.881 bits per heavy atom. The number of thiophene rings is 1. The SMILES string of the molecule is C=C(C/C=C\C)c1cc(-c2cccc3c2sc2ccccc23)ccc1Nc1cccc(N(C)c2cccc(C#N)c2)c1. The lowest BCUT2D eigenvalue weighted by Gasteiger charge is -2.21. The molecule has 0 radical (unpaired) electrons. The van der Waals surface area contributed by atoms with Crippen LogP contribution in [0.5, 0.6) is 0 Å². The van der Waals surface area contributed by atoms with Crippen LogP contribution in [0.3, 0.4) is 0 Å². The molecule has 0 saturated heterocycles. The van der Waals surface area contributed by atoms with Crippen LogP contribution in [-0.2, 0) is 0 Å². The molecule has 4 heteroatoms. The van der Waals surface area contributed by atoms with Crippen LogP contribution in [0.2, 0.25) is 0 Å². The summed E-state index contributed by atoms with van der Waals surface area (Å²) in [7, 11) is 2.02. The van der Waals surface area contributed by atoms with Gasteiger partial charge >= 0.3 is 0 Å². The zero-order valence-corrected chi connectivity index (χ0v) is 24.6. The van der Waals surface area contributed by atoms with Gasteiger partial charge in [-0.15, -0.1) is 11.3 Å². The van der Waals surface area contributed by atoms with Crippen LogP contribution >= 0.6 is 11.3 Å². The molecule has 1 N–H and O–H groups in total. The van der Waals surface area contributed by atoms with Gasteiger partial charge < -0.3 is 10.2 Å². The van der Waals surface area contributed by atoms with E-state index in [4.69, 9.17) is 0 Å². The van der Waals surface area contributed by atoms with Crippen LogP contribution in [0.4, 0.5) is 22.7 Å². The van der Waals surface area contributed by atoms with Gasteiger partial charge in [0.25, 0.3) is 0 Å². The van der Waals surface area contributed by atoms with Crippen molar-refractivity contribution in [2.75, 3.05) is 17.3 Å². The maximum Gasteiger partial charge on any atom is 0.0992 e. The molecule has 5 aromatic carbocycles. The first-order valence-corrected chi connectivity index (χ1v) is 14.8. The molecule has 0 bridgehead atoms. The van der Waals surface area contributed by atoms with Gasteiger partial charge in [0.05, 0.1) is 11.6 Å².